The van der Waals surface area contributed by atoms with Gasteiger partial charge < -0.3 is 10.5 Å². The topological polar surface area (TPSA) is 59.0 Å². The SMILES string of the molecule is N#Cc1c(Br)cccc1Oc1c(N)cccc1F. The molecule has 2 aromatic carbocycles. The van der Waals surface area contributed by atoms with E-state index in [2.05, 4.69) is 15.9 Å². The number of nitriles is 1. The molecule has 0 saturated carbocycles. The molecule has 5 heteroatoms. The molecule has 0 aliphatic heterocycles. The molecule has 2 aromatic rings. The van der Waals surface area contributed by atoms with E-state index in [0.717, 1.165) is 0 Å². The van der Waals surface area contributed by atoms with Crippen LogP contribution in [0.5, 0.6) is 11.5 Å². The van der Waals surface area contributed by atoms with Gasteiger partial charge in [-0.1, -0.05) is 12.1 Å². The largest absolute Gasteiger partial charge is 0.451 e. The third-order valence-electron chi connectivity index (χ3n) is 2.30. The minimum absolute atomic E-state index is 0.0768. The number of hydrogen-bond acceptors (Lipinski definition) is 3. The highest BCUT2D eigenvalue weighted by atomic mass is 79.9. The highest BCUT2D eigenvalue weighted by Crippen LogP contribution is 2.34. The number of ether oxygens (including phenoxy) is 1. The van der Waals surface area contributed by atoms with Crippen molar-refractivity contribution in [1.29, 1.82) is 5.26 Å². The lowest BCUT2D eigenvalue weighted by Crippen LogP contribution is -1.96. The standard InChI is InChI=1S/C13H8BrFN2O/c14-9-3-1-6-12(8(9)7-16)18-13-10(15)4-2-5-11(13)17/h1-6H,17H2. The zero-order chi connectivity index (χ0) is 13.1. The summed E-state index contributed by atoms with van der Waals surface area (Å²) < 4.78 is 19.5. The average Bonchev–Trinajstić information content (AvgIpc) is 2.34. The Kier molecular flexibility index (Phi) is 3.49. The Morgan fingerprint density at radius 2 is 1.94 bits per heavy atom. The molecule has 0 bridgehead atoms. The predicted molar refractivity (Wildman–Crippen MR) is 69.7 cm³/mol. The van der Waals surface area contributed by atoms with Crippen molar-refractivity contribution in [3.05, 3.63) is 52.3 Å². The Labute approximate surface area is 112 Å². The van der Waals surface area contributed by atoms with Crippen LogP contribution >= 0.6 is 15.9 Å². The van der Waals surface area contributed by atoms with Crippen LogP contribution in [0.4, 0.5) is 10.1 Å². The molecule has 18 heavy (non-hydrogen) atoms. The molecule has 2 N–H and O–H groups in total. The average molecular weight is 307 g/mol. The summed E-state index contributed by atoms with van der Waals surface area (Å²) in [6, 6.07) is 11.2. The van der Waals surface area contributed by atoms with Crippen LogP contribution in [0.25, 0.3) is 0 Å². The van der Waals surface area contributed by atoms with Crippen LogP contribution in [0.3, 0.4) is 0 Å². The predicted octanol–water partition coefficient (Wildman–Crippen LogP) is 3.83. The number of nitrogens with zero attached hydrogens (tertiary/aromatic N) is 1. The Bertz CT molecular complexity index is 617. The molecule has 0 spiro atoms. The molecule has 3 nitrogen and oxygen atoms in total. The normalized spacial score (nSPS) is 9.83. The molecule has 0 amide bonds. The summed E-state index contributed by atoms with van der Waals surface area (Å²) in [5.41, 5.74) is 6.11. The molecule has 0 fully saturated rings. The van der Waals surface area contributed by atoms with Gasteiger partial charge >= 0.3 is 0 Å². The summed E-state index contributed by atoms with van der Waals surface area (Å²) >= 11 is 3.23. The second-order valence-electron chi connectivity index (χ2n) is 3.49. The van der Waals surface area contributed by atoms with E-state index >= 15 is 0 Å². The first-order chi connectivity index (χ1) is 8.63. The van der Waals surface area contributed by atoms with Gasteiger partial charge in [-0.25, -0.2) is 4.39 Å². The van der Waals surface area contributed by atoms with Crippen LogP contribution < -0.4 is 10.5 Å². The van der Waals surface area contributed by atoms with E-state index in [9.17, 15) is 4.39 Å². The quantitative estimate of drug-likeness (QED) is 0.858. The summed E-state index contributed by atoms with van der Waals surface area (Å²) in [6.45, 7) is 0. The van der Waals surface area contributed by atoms with Crippen molar-refractivity contribution in [3.63, 3.8) is 0 Å². The van der Waals surface area contributed by atoms with Crippen LogP contribution in [-0.2, 0) is 0 Å². The van der Waals surface area contributed by atoms with E-state index in [1.165, 1.54) is 18.2 Å². The Morgan fingerprint density at radius 3 is 2.61 bits per heavy atom. The van der Waals surface area contributed by atoms with E-state index in [0.29, 0.717) is 10.0 Å². The van der Waals surface area contributed by atoms with Crippen molar-refractivity contribution >= 4 is 21.6 Å². The van der Waals surface area contributed by atoms with E-state index in [-0.39, 0.29) is 17.2 Å². The van der Waals surface area contributed by atoms with Gasteiger partial charge in [0.15, 0.2) is 11.6 Å². The van der Waals surface area contributed by atoms with Gasteiger partial charge in [-0.3, -0.25) is 0 Å². The van der Waals surface area contributed by atoms with Crippen molar-refractivity contribution in [1.82, 2.24) is 0 Å². The molecule has 0 unspecified atom stereocenters. The first-order valence-electron chi connectivity index (χ1n) is 5.04. The van der Waals surface area contributed by atoms with Gasteiger partial charge in [-0.05, 0) is 40.2 Å². The van der Waals surface area contributed by atoms with Crippen molar-refractivity contribution < 1.29 is 9.13 Å². The van der Waals surface area contributed by atoms with Crippen molar-refractivity contribution in [2.75, 3.05) is 5.73 Å². The van der Waals surface area contributed by atoms with Crippen LogP contribution in [-0.4, -0.2) is 0 Å². The summed E-state index contributed by atoms with van der Waals surface area (Å²) in [4.78, 5) is 0. The fourth-order valence-electron chi connectivity index (χ4n) is 1.44. The van der Waals surface area contributed by atoms with Crippen LogP contribution in [0.15, 0.2) is 40.9 Å². The van der Waals surface area contributed by atoms with Gasteiger partial charge in [-0.15, -0.1) is 0 Å². The summed E-state index contributed by atoms with van der Waals surface area (Å²) in [7, 11) is 0. The highest BCUT2D eigenvalue weighted by Gasteiger charge is 2.13. The smallest absolute Gasteiger partial charge is 0.185 e. The van der Waals surface area contributed by atoms with Gasteiger partial charge in [0, 0.05) is 4.47 Å². The number of rotatable bonds is 2. The lowest BCUT2D eigenvalue weighted by atomic mass is 10.2. The zero-order valence-corrected chi connectivity index (χ0v) is 10.7. The minimum Gasteiger partial charge on any atom is -0.451 e. The fraction of sp³-hybridized carbons (Fsp3) is 0. The lowest BCUT2D eigenvalue weighted by molar-refractivity contribution is 0.443. The van der Waals surface area contributed by atoms with Gasteiger partial charge in [0.05, 0.1) is 5.69 Å². The van der Waals surface area contributed by atoms with Gasteiger partial charge in [0.2, 0.25) is 0 Å². The third-order valence-corrected chi connectivity index (χ3v) is 2.96. The molecular weight excluding hydrogens is 299 g/mol. The minimum atomic E-state index is -0.570. The summed E-state index contributed by atoms with van der Waals surface area (Å²) in [5.74, 6) is -0.394. The monoisotopic (exact) mass is 306 g/mol. The first-order valence-corrected chi connectivity index (χ1v) is 5.83. The summed E-state index contributed by atoms with van der Waals surface area (Å²) in [6.07, 6.45) is 0. The van der Waals surface area contributed by atoms with Crippen LogP contribution in [0.2, 0.25) is 0 Å². The van der Waals surface area contributed by atoms with Crippen LogP contribution in [0.1, 0.15) is 5.56 Å². The number of para-hydroxylation sites is 1. The number of nitrogen functional groups attached to an aromatic ring is 1. The van der Waals surface area contributed by atoms with Crippen molar-refractivity contribution in [2.24, 2.45) is 0 Å². The number of nitrogens with two attached hydrogens (primary N) is 1. The summed E-state index contributed by atoms with van der Waals surface area (Å²) in [5, 5.41) is 9.03. The zero-order valence-electron chi connectivity index (χ0n) is 9.15. The van der Waals surface area contributed by atoms with Gasteiger partial charge in [0.1, 0.15) is 17.4 Å². The molecule has 2 rings (SSSR count). The van der Waals surface area contributed by atoms with Gasteiger partial charge in [-0.2, -0.15) is 5.26 Å². The molecular formula is C13H8BrFN2O. The molecule has 0 aliphatic carbocycles. The van der Waals surface area contributed by atoms with E-state index in [4.69, 9.17) is 15.7 Å². The second-order valence-corrected chi connectivity index (χ2v) is 4.34. The van der Waals surface area contributed by atoms with Gasteiger partial charge in [0.25, 0.3) is 0 Å². The molecule has 0 radical (unpaired) electrons. The maximum Gasteiger partial charge on any atom is 0.185 e. The van der Waals surface area contributed by atoms with Crippen molar-refractivity contribution in [3.8, 4) is 17.6 Å². The molecule has 0 atom stereocenters. The molecule has 90 valence electrons. The Hall–Kier alpha value is -2.06. The maximum atomic E-state index is 13.6. The molecule has 0 heterocycles. The van der Waals surface area contributed by atoms with Crippen molar-refractivity contribution in [2.45, 2.75) is 0 Å². The fourth-order valence-corrected chi connectivity index (χ4v) is 1.88. The first kappa shape index (κ1) is 12.4. The highest BCUT2D eigenvalue weighted by molar-refractivity contribution is 9.10. The second kappa shape index (κ2) is 5.07. The molecule has 0 aliphatic rings. The van der Waals surface area contributed by atoms with Crippen LogP contribution in [0, 0.1) is 17.1 Å². The number of halogens is 2. The van der Waals surface area contributed by atoms with E-state index < -0.39 is 5.82 Å². The maximum absolute atomic E-state index is 13.6. The van der Waals surface area contributed by atoms with E-state index in [1.54, 1.807) is 18.2 Å². The van der Waals surface area contributed by atoms with E-state index in [1.807, 2.05) is 6.07 Å². The lowest BCUT2D eigenvalue weighted by Gasteiger charge is -2.11. The third kappa shape index (κ3) is 2.29. The number of hydrogen-bond donors (Lipinski definition) is 1. The Morgan fingerprint density at radius 1 is 1.22 bits per heavy atom. The molecule has 0 saturated heterocycles. The number of benzene rings is 2. The number of anilines is 1. The Balaban J connectivity index is 2.48. The molecule has 0 aromatic heterocycles.